The lowest BCUT2D eigenvalue weighted by molar-refractivity contribution is 0.323. The molecule has 0 saturated heterocycles. The standard InChI is InChI=1S/C17H19FN2O3S/c1-21-14-8-11(9-15(22-2)16(14)23-3)10-19-17(24)20-13-7-5-4-6-12(13)18/h4-9H,10H2,1-3H3,(H2,19,20,24). The van der Waals surface area contributed by atoms with Crippen LogP contribution in [0, 0.1) is 5.82 Å². The van der Waals surface area contributed by atoms with E-state index in [4.69, 9.17) is 26.4 Å². The summed E-state index contributed by atoms with van der Waals surface area (Å²) in [6.07, 6.45) is 0. The molecule has 2 rings (SSSR count). The second kappa shape index (κ2) is 8.35. The normalized spacial score (nSPS) is 10.0. The maximum Gasteiger partial charge on any atom is 0.203 e. The monoisotopic (exact) mass is 350 g/mol. The molecule has 128 valence electrons. The molecular weight excluding hydrogens is 331 g/mol. The van der Waals surface area contributed by atoms with Crippen molar-refractivity contribution >= 4 is 23.0 Å². The quantitative estimate of drug-likeness (QED) is 0.780. The predicted molar refractivity (Wildman–Crippen MR) is 95.6 cm³/mol. The number of nitrogens with one attached hydrogen (secondary N) is 2. The van der Waals surface area contributed by atoms with Crippen molar-refractivity contribution in [2.45, 2.75) is 6.54 Å². The summed E-state index contributed by atoms with van der Waals surface area (Å²) in [5.41, 5.74) is 1.20. The van der Waals surface area contributed by atoms with Gasteiger partial charge in [0.05, 0.1) is 27.0 Å². The number of halogens is 1. The van der Waals surface area contributed by atoms with Crippen LogP contribution in [0.25, 0.3) is 0 Å². The molecule has 0 aromatic heterocycles. The molecule has 0 unspecified atom stereocenters. The zero-order valence-corrected chi connectivity index (χ0v) is 14.5. The van der Waals surface area contributed by atoms with E-state index in [0.717, 1.165) is 5.56 Å². The number of methoxy groups -OCH3 is 3. The SMILES string of the molecule is COc1cc(CNC(=S)Nc2ccccc2F)cc(OC)c1OC. The van der Waals surface area contributed by atoms with E-state index in [1.165, 1.54) is 6.07 Å². The summed E-state index contributed by atoms with van der Waals surface area (Å²) in [6, 6.07) is 9.97. The zero-order valence-electron chi connectivity index (χ0n) is 13.7. The average Bonchev–Trinajstić information content (AvgIpc) is 2.60. The lowest BCUT2D eigenvalue weighted by atomic mass is 10.2. The van der Waals surface area contributed by atoms with Crippen molar-refractivity contribution in [2.75, 3.05) is 26.6 Å². The highest BCUT2D eigenvalue weighted by molar-refractivity contribution is 7.80. The Morgan fingerprint density at radius 3 is 2.21 bits per heavy atom. The van der Waals surface area contributed by atoms with Crippen LogP contribution in [0.3, 0.4) is 0 Å². The largest absolute Gasteiger partial charge is 0.493 e. The molecule has 2 aromatic rings. The molecule has 0 aliphatic carbocycles. The molecule has 0 heterocycles. The Hall–Kier alpha value is -2.54. The summed E-state index contributed by atoms with van der Waals surface area (Å²) in [5.74, 6) is 1.27. The van der Waals surface area contributed by atoms with E-state index in [1.54, 1.807) is 39.5 Å². The highest BCUT2D eigenvalue weighted by atomic mass is 32.1. The summed E-state index contributed by atoms with van der Waals surface area (Å²) in [5, 5.41) is 6.15. The summed E-state index contributed by atoms with van der Waals surface area (Å²) in [4.78, 5) is 0. The first-order valence-corrected chi connectivity index (χ1v) is 7.58. The number of rotatable bonds is 6. The maximum absolute atomic E-state index is 13.6. The number of thiocarbonyl (C=S) groups is 1. The lowest BCUT2D eigenvalue weighted by Crippen LogP contribution is -2.28. The first-order chi connectivity index (χ1) is 11.6. The Kier molecular flexibility index (Phi) is 6.20. The van der Waals surface area contributed by atoms with Crippen LogP contribution in [0.15, 0.2) is 36.4 Å². The third-order valence-electron chi connectivity index (χ3n) is 3.30. The van der Waals surface area contributed by atoms with Crippen LogP contribution in [0.2, 0.25) is 0 Å². The molecule has 2 aromatic carbocycles. The minimum absolute atomic E-state index is 0.314. The van der Waals surface area contributed by atoms with Crippen molar-refractivity contribution in [3.63, 3.8) is 0 Å². The number of anilines is 1. The van der Waals surface area contributed by atoms with Crippen molar-refractivity contribution in [2.24, 2.45) is 0 Å². The number of benzene rings is 2. The predicted octanol–water partition coefficient (Wildman–Crippen LogP) is 3.34. The number of hydrogen-bond donors (Lipinski definition) is 2. The molecule has 0 spiro atoms. The topological polar surface area (TPSA) is 51.8 Å². The van der Waals surface area contributed by atoms with Crippen molar-refractivity contribution in [3.05, 3.63) is 47.8 Å². The fraction of sp³-hybridized carbons (Fsp3) is 0.235. The van der Waals surface area contributed by atoms with E-state index in [1.807, 2.05) is 12.1 Å². The van der Waals surface area contributed by atoms with Gasteiger partial charge in [-0.3, -0.25) is 0 Å². The maximum atomic E-state index is 13.6. The summed E-state index contributed by atoms with van der Waals surface area (Å²) >= 11 is 5.19. The molecule has 0 fully saturated rings. The van der Waals surface area contributed by atoms with Crippen molar-refractivity contribution in [1.29, 1.82) is 0 Å². The first kappa shape index (κ1) is 17.8. The number of para-hydroxylation sites is 1. The molecule has 0 aliphatic rings. The molecule has 0 amide bonds. The van der Waals surface area contributed by atoms with E-state index in [9.17, 15) is 4.39 Å². The van der Waals surface area contributed by atoms with Crippen LogP contribution in [0.4, 0.5) is 10.1 Å². The first-order valence-electron chi connectivity index (χ1n) is 7.17. The molecule has 2 N–H and O–H groups in total. The lowest BCUT2D eigenvalue weighted by Gasteiger charge is -2.15. The summed E-state index contributed by atoms with van der Waals surface area (Å²) < 4.78 is 29.5. The third-order valence-corrected chi connectivity index (χ3v) is 3.55. The number of ether oxygens (including phenoxy) is 3. The van der Waals surface area contributed by atoms with E-state index in [0.29, 0.717) is 34.6 Å². The Morgan fingerprint density at radius 2 is 1.67 bits per heavy atom. The molecule has 0 saturated carbocycles. The smallest absolute Gasteiger partial charge is 0.203 e. The molecule has 0 aliphatic heterocycles. The van der Waals surface area contributed by atoms with Gasteiger partial charge in [0.25, 0.3) is 0 Å². The van der Waals surface area contributed by atoms with Gasteiger partial charge in [-0.1, -0.05) is 12.1 Å². The molecule has 5 nitrogen and oxygen atoms in total. The Morgan fingerprint density at radius 1 is 1.04 bits per heavy atom. The van der Waals surface area contributed by atoms with Gasteiger partial charge < -0.3 is 24.8 Å². The molecule has 0 atom stereocenters. The minimum Gasteiger partial charge on any atom is -0.493 e. The third kappa shape index (κ3) is 4.26. The Labute approximate surface area is 145 Å². The zero-order chi connectivity index (χ0) is 17.5. The van der Waals surface area contributed by atoms with E-state index in [2.05, 4.69) is 10.6 Å². The van der Waals surface area contributed by atoms with Crippen LogP contribution in [0.5, 0.6) is 17.2 Å². The van der Waals surface area contributed by atoms with Crippen molar-refractivity contribution < 1.29 is 18.6 Å². The molecule has 0 bridgehead atoms. The number of hydrogen-bond acceptors (Lipinski definition) is 4. The van der Waals surface area contributed by atoms with Crippen LogP contribution >= 0.6 is 12.2 Å². The Bertz CT molecular complexity index is 700. The van der Waals surface area contributed by atoms with Gasteiger partial charge in [0, 0.05) is 6.54 Å². The van der Waals surface area contributed by atoms with Gasteiger partial charge in [0.2, 0.25) is 5.75 Å². The minimum atomic E-state index is -0.366. The molecule has 0 radical (unpaired) electrons. The van der Waals surface area contributed by atoms with Crippen LogP contribution in [0.1, 0.15) is 5.56 Å². The van der Waals surface area contributed by atoms with E-state index in [-0.39, 0.29) is 5.82 Å². The highest BCUT2D eigenvalue weighted by Crippen LogP contribution is 2.38. The van der Waals surface area contributed by atoms with Crippen molar-refractivity contribution in [3.8, 4) is 17.2 Å². The fourth-order valence-electron chi connectivity index (χ4n) is 2.15. The van der Waals surface area contributed by atoms with Gasteiger partial charge in [-0.2, -0.15) is 0 Å². The van der Waals surface area contributed by atoms with Gasteiger partial charge in [0.1, 0.15) is 5.82 Å². The Balaban J connectivity index is 2.06. The van der Waals surface area contributed by atoms with Crippen molar-refractivity contribution in [1.82, 2.24) is 5.32 Å². The molecular formula is C17H19FN2O3S. The highest BCUT2D eigenvalue weighted by Gasteiger charge is 2.13. The van der Waals surface area contributed by atoms with Crippen LogP contribution in [-0.4, -0.2) is 26.4 Å². The van der Waals surface area contributed by atoms with Crippen LogP contribution in [-0.2, 0) is 6.54 Å². The van der Waals surface area contributed by atoms with Gasteiger partial charge in [0.15, 0.2) is 16.6 Å². The average molecular weight is 350 g/mol. The molecule has 7 heteroatoms. The summed E-state index contributed by atoms with van der Waals surface area (Å²) in [6.45, 7) is 0.414. The van der Waals surface area contributed by atoms with E-state index >= 15 is 0 Å². The fourth-order valence-corrected chi connectivity index (χ4v) is 2.33. The van der Waals surface area contributed by atoms with Gasteiger partial charge in [-0.15, -0.1) is 0 Å². The second-order valence-electron chi connectivity index (χ2n) is 4.82. The van der Waals surface area contributed by atoms with Gasteiger partial charge >= 0.3 is 0 Å². The second-order valence-corrected chi connectivity index (χ2v) is 5.23. The van der Waals surface area contributed by atoms with Gasteiger partial charge in [-0.05, 0) is 42.0 Å². The van der Waals surface area contributed by atoms with Crippen LogP contribution < -0.4 is 24.8 Å². The van der Waals surface area contributed by atoms with E-state index < -0.39 is 0 Å². The van der Waals surface area contributed by atoms with Gasteiger partial charge in [-0.25, -0.2) is 4.39 Å². The summed E-state index contributed by atoms with van der Waals surface area (Å²) in [7, 11) is 4.66. The molecule has 24 heavy (non-hydrogen) atoms.